The van der Waals surface area contributed by atoms with Crippen molar-refractivity contribution in [2.45, 2.75) is 13.0 Å². The molecule has 1 aliphatic rings. The maximum Gasteiger partial charge on any atom is 0.338 e. The van der Waals surface area contributed by atoms with Crippen LogP contribution in [0.5, 0.6) is 0 Å². The van der Waals surface area contributed by atoms with Crippen LogP contribution in [0, 0.1) is 0 Å². The molecule has 156 valence electrons. The zero-order chi connectivity index (χ0) is 21.8. The number of thiazole rings is 1. The Labute approximate surface area is 187 Å². The van der Waals surface area contributed by atoms with Gasteiger partial charge in [0.2, 0.25) is 0 Å². The Balaban J connectivity index is 1.81. The minimum Gasteiger partial charge on any atom is -0.458 e. The van der Waals surface area contributed by atoms with Crippen molar-refractivity contribution in [3.63, 3.8) is 0 Å². The zero-order valence-electron chi connectivity index (χ0n) is 16.9. The fourth-order valence-electron chi connectivity index (χ4n) is 3.34. The second-order valence-electron chi connectivity index (χ2n) is 6.78. The molecule has 0 radical (unpaired) electrons. The van der Waals surface area contributed by atoms with Crippen LogP contribution in [0.4, 0.5) is 0 Å². The molecule has 0 unspecified atom stereocenters. The standard InChI is InChI=1S/C24H20N2O3S2/c1-3-14-29-23(28)20-16(2)25-24-26(21(20)18-13-8-15-30-18)22(27)19(31-24)12-7-11-17-9-5-4-6-10-17/h3-13,15,21H,1,14H2,2H3/b11-7+,19-12+/t21-/m0/s1. The summed E-state index contributed by atoms with van der Waals surface area (Å²) in [7, 11) is 0. The van der Waals surface area contributed by atoms with Gasteiger partial charge in [-0.25, -0.2) is 9.79 Å². The molecule has 31 heavy (non-hydrogen) atoms. The highest BCUT2D eigenvalue weighted by Crippen LogP contribution is 2.33. The van der Waals surface area contributed by atoms with Gasteiger partial charge in [0.05, 0.1) is 15.8 Å². The topological polar surface area (TPSA) is 60.7 Å². The van der Waals surface area contributed by atoms with Crippen LogP contribution >= 0.6 is 22.7 Å². The lowest BCUT2D eigenvalue weighted by molar-refractivity contribution is -0.138. The van der Waals surface area contributed by atoms with E-state index in [-0.39, 0.29) is 12.2 Å². The van der Waals surface area contributed by atoms with Crippen LogP contribution in [-0.4, -0.2) is 17.1 Å². The summed E-state index contributed by atoms with van der Waals surface area (Å²) in [6.07, 6.45) is 7.10. The summed E-state index contributed by atoms with van der Waals surface area (Å²) in [5, 5.41) is 1.93. The van der Waals surface area contributed by atoms with Gasteiger partial charge in [-0.1, -0.05) is 72.5 Å². The quantitative estimate of drug-likeness (QED) is 0.427. The largest absolute Gasteiger partial charge is 0.458 e. The molecular formula is C24H20N2O3S2. The van der Waals surface area contributed by atoms with E-state index >= 15 is 0 Å². The van der Waals surface area contributed by atoms with Crippen molar-refractivity contribution in [3.05, 3.63) is 108 Å². The number of allylic oxidation sites excluding steroid dienone is 2. The first kappa shape index (κ1) is 21.0. The third-order valence-electron chi connectivity index (χ3n) is 4.72. The first-order chi connectivity index (χ1) is 15.1. The van der Waals surface area contributed by atoms with Crippen molar-refractivity contribution in [2.24, 2.45) is 4.99 Å². The van der Waals surface area contributed by atoms with Crippen LogP contribution < -0.4 is 14.9 Å². The van der Waals surface area contributed by atoms with E-state index in [9.17, 15) is 9.59 Å². The van der Waals surface area contributed by atoms with Gasteiger partial charge >= 0.3 is 5.97 Å². The highest BCUT2D eigenvalue weighted by Gasteiger charge is 2.33. The summed E-state index contributed by atoms with van der Waals surface area (Å²) in [6.45, 7) is 5.46. The maximum atomic E-state index is 13.3. The number of thiophene rings is 1. The molecule has 0 spiro atoms. The lowest BCUT2D eigenvalue weighted by Gasteiger charge is -2.23. The molecule has 4 rings (SSSR count). The SMILES string of the molecule is C=CCOC(=O)C1=C(C)N=c2s/c(=C/C=C/c3ccccc3)c(=O)n2[C@H]1c1cccs1. The number of benzene rings is 1. The Kier molecular flexibility index (Phi) is 6.25. The molecule has 1 aromatic carbocycles. The minimum atomic E-state index is -0.561. The van der Waals surface area contributed by atoms with Crippen LogP contribution in [0.15, 0.2) is 87.6 Å². The lowest BCUT2D eigenvalue weighted by atomic mass is 10.0. The van der Waals surface area contributed by atoms with E-state index in [0.29, 0.717) is 20.6 Å². The molecule has 7 heteroatoms. The molecule has 0 amide bonds. The Hall–Kier alpha value is -3.29. The molecule has 1 atom stereocenters. The van der Waals surface area contributed by atoms with Crippen molar-refractivity contribution in [2.75, 3.05) is 6.61 Å². The molecule has 0 fully saturated rings. The monoisotopic (exact) mass is 448 g/mol. The molecule has 3 heterocycles. The van der Waals surface area contributed by atoms with Gasteiger partial charge < -0.3 is 4.74 Å². The molecule has 3 aromatic rings. The van der Waals surface area contributed by atoms with Gasteiger partial charge in [0.15, 0.2) is 4.80 Å². The van der Waals surface area contributed by atoms with Gasteiger partial charge in [-0.05, 0) is 30.0 Å². The summed E-state index contributed by atoms with van der Waals surface area (Å²) in [6, 6.07) is 13.1. The Morgan fingerprint density at radius 2 is 2.06 bits per heavy atom. The van der Waals surface area contributed by atoms with Crippen LogP contribution in [0.3, 0.4) is 0 Å². The molecule has 2 aromatic heterocycles. The minimum absolute atomic E-state index is 0.0987. The fraction of sp³-hybridized carbons (Fsp3) is 0.125. The average Bonchev–Trinajstić information content (AvgIpc) is 3.41. The number of aromatic nitrogens is 1. The molecule has 0 aliphatic carbocycles. The summed E-state index contributed by atoms with van der Waals surface area (Å²) in [4.78, 5) is 32.1. The van der Waals surface area contributed by atoms with Gasteiger partial charge in [0, 0.05) is 4.88 Å². The molecule has 0 saturated heterocycles. The maximum absolute atomic E-state index is 13.3. The first-order valence-corrected chi connectivity index (χ1v) is 11.4. The summed E-state index contributed by atoms with van der Waals surface area (Å²) in [5.74, 6) is -0.488. The van der Waals surface area contributed by atoms with E-state index in [1.54, 1.807) is 17.6 Å². The average molecular weight is 449 g/mol. The smallest absolute Gasteiger partial charge is 0.338 e. The number of esters is 1. The number of carbonyl (C=O) groups excluding carboxylic acids is 1. The third kappa shape index (κ3) is 4.28. The summed E-state index contributed by atoms with van der Waals surface area (Å²) in [5.41, 5.74) is 1.80. The van der Waals surface area contributed by atoms with Crippen LogP contribution in [0.1, 0.15) is 23.4 Å². The number of hydrogen-bond donors (Lipinski definition) is 0. The Morgan fingerprint density at radius 3 is 2.77 bits per heavy atom. The van der Waals surface area contributed by atoms with E-state index in [1.165, 1.54) is 28.7 Å². The lowest BCUT2D eigenvalue weighted by Crippen LogP contribution is -2.39. The van der Waals surface area contributed by atoms with E-state index in [0.717, 1.165) is 10.4 Å². The summed E-state index contributed by atoms with van der Waals surface area (Å²) < 4.78 is 7.45. The van der Waals surface area contributed by atoms with Crippen LogP contribution in [0.2, 0.25) is 0 Å². The van der Waals surface area contributed by atoms with Crippen molar-refractivity contribution in [3.8, 4) is 0 Å². The first-order valence-electron chi connectivity index (χ1n) is 9.66. The normalized spacial score (nSPS) is 16.3. The molecule has 0 bridgehead atoms. The Morgan fingerprint density at radius 1 is 1.26 bits per heavy atom. The summed E-state index contributed by atoms with van der Waals surface area (Å²) >= 11 is 2.80. The number of nitrogens with zero attached hydrogens (tertiary/aromatic N) is 2. The number of ether oxygens (including phenoxy) is 1. The molecule has 0 saturated carbocycles. The van der Waals surface area contributed by atoms with E-state index in [4.69, 9.17) is 4.74 Å². The molecular weight excluding hydrogens is 428 g/mol. The van der Waals surface area contributed by atoms with Gasteiger partial charge in [0.1, 0.15) is 12.6 Å². The predicted molar refractivity (Wildman–Crippen MR) is 126 cm³/mol. The van der Waals surface area contributed by atoms with Gasteiger partial charge in [0.25, 0.3) is 5.56 Å². The molecule has 5 nitrogen and oxygen atoms in total. The van der Waals surface area contributed by atoms with Crippen molar-refractivity contribution in [1.29, 1.82) is 0 Å². The van der Waals surface area contributed by atoms with Crippen molar-refractivity contribution >= 4 is 40.8 Å². The van der Waals surface area contributed by atoms with Crippen LogP contribution in [-0.2, 0) is 9.53 Å². The third-order valence-corrected chi connectivity index (χ3v) is 6.65. The number of rotatable bonds is 6. The highest BCUT2D eigenvalue weighted by molar-refractivity contribution is 7.10. The van der Waals surface area contributed by atoms with E-state index in [2.05, 4.69) is 11.6 Å². The van der Waals surface area contributed by atoms with E-state index < -0.39 is 12.0 Å². The fourth-order valence-corrected chi connectivity index (χ4v) is 5.16. The second-order valence-corrected chi connectivity index (χ2v) is 8.76. The number of carbonyl (C=O) groups is 1. The molecule has 1 aliphatic heterocycles. The molecule has 0 N–H and O–H groups in total. The number of hydrogen-bond acceptors (Lipinski definition) is 6. The highest BCUT2D eigenvalue weighted by atomic mass is 32.1. The van der Waals surface area contributed by atoms with Crippen molar-refractivity contribution < 1.29 is 9.53 Å². The zero-order valence-corrected chi connectivity index (χ0v) is 18.5. The van der Waals surface area contributed by atoms with Crippen molar-refractivity contribution in [1.82, 2.24) is 4.57 Å². The van der Waals surface area contributed by atoms with E-state index in [1.807, 2.05) is 60.0 Å². The van der Waals surface area contributed by atoms with Gasteiger partial charge in [-0.2, -0.15) is 0 Å². The van der Waals surface area contributed by atoms with Gasteiger partial charge in [-0.15, -0.1) is 11.3 Å². The Bertz CT molecular complexity index is 1340. The number of fused-ring (bicyclic) bond motifs is 1. The van der Waals surface area contributed by atoms with Crippen LogP contribution in [0.25, 0.3) is 12.2 Å². The van der Waals surface area contributed by atoms with Gasteiger partial charge in [-0.3, -0.25) is 9.36 Å². The second kappa shape index (κ2) is 9.24. The predicted octanol–water partition coefficient (Wildman–Crippen LogP) is 3.69.